The van der Waals surface area contributed by atoms with Crippen molar-refractivity contribution in [3.05, 3.63) is 29.3 Å². The van der Waals surface area contributed by atoms with Crippen LogP contribution in [0.15, 0.2) is 18.2 Å². The van der Waals surface area contributed by atoms with Crippen LogP contribution in [0.4, 0.5) is 5.69 Å². The van der Waals surface area contributed by atoms with Gasteiger partial charge in [-0.15, -0.1) is 0 Å². The van der Waals surface area contributed by atoms with Crippen LogP contribution in [-0.2, 0) is 9.84 Å². The topological polar surface area (TPSA) is 75.3 Å². The first kappa shape index (κ1) is 13.9. The third-order valence-corrected chi connectivity index (χ3v) is 5.09. The molecule has 1 amide bonds. The summed E-state index contributed by atoms with van der Waals surface area (Å²) in [5.74, 6) is 0.247. The van der Waals surface area contributed by atoms with Crippen LogP contribution < -0.4 is 10.6 Å². The zero-order valence-corrected chi connectivity index (χ0v) is 11.9. The van der Waals surface area contributed by atoms with Crippen LogP contribution in [-0.4, -0.2) is 38.9 Å². The van der Waals surface area contributed by atoms with E-state index >= 15 is 0 Å². The molecule has 0 spiro atoms. The van der Waals surface area contributed by atoms with Gasteiger partial charge in [-0.1, -0.05) is 6.07 Å². The summed E-state index contributed by atoms with van der Waals surface area (Å²) in [7, 11) is -1.32. The fourth-order valence-electron chi connectivity index (χ4n) is 2.19. The summed E-state index contributed by atoms with van der Waals surface area (Å²) in [6, 6.07) is 5.31. The molecule has 1 saturated heterocycles. The number of rotatable bonds is 3. The van der Waals surface area contributed by atoms with Gasteiger partial charge in [0.25, 0.3) is 5.91 Å². The molecular weight excluding hydrogens is 264 g/mol. The van der Waals surface area contributed by atoms with Gasteiger partial charge in [0.1, 0.15) is 0 Å². The van der Waals surface area contributed by atoms with Gasteiger partial charge in [0.2, 0.25) is 0 Å². The van der Waals surface area contributed by atoms with Crippen LogP contribution in [0.5, 0.6) is 0 Å². The molecule has 1 heterocycles. The van der Waals surface area contributed by atoms with Crippen molar-refractivity contribution in [2.75, 3.05) is 23.9 Å². The van der Waals surface area contributed by atoms with E-state index in [1.165, 1.54) is 0 Å². The number of amides is 1. The number of sulfone groups is 1. The molecule has 19 heavy (non-hydrogen) atoms. The lowest BCUT2D eigenvalue weighted by Crippen LogP contribution is -2.22. The maximum atomic E-state index is 11.6. The zero-order chi connectivity index (χ0) is 14.0. The molecule has 5 nitrogen and oxygen atoms in total. The second kappa shape index (κ2) is 5.21. The lowest BCUT2D eigenvalue weighted by atomic mass is 10.1. The van der Waals surface area contributed by atoms with Gasteiger partial charge in [0, 0.05) is 24.3 Å². The normalized spacial score (nSPS) is 21.1. The number of benzene rings is 1. The van der Waals surface area contributed by atoms with Crippen molar-refractivity contribution in [3.63, 3.8) is 0 Å². The third-order valence-electron chi connectivity index (χ3n) is 3.32. The molecule has 1 fully saturated rings. The lowest BCUT2D eigenvalue weighted by Gasteiger charge is -2.15. The average Bonchev–Trinajstić information content (AvgIpc) is 2.70. The number of hydrogen-bond acceptors (Lipinski definition) is 4. The maximum Gasteiger partial charge on any atom is 0.251 e. The molecule has 1 aromatic carbocycles. The Kier molecular flexibility index (Phi) is 3.80. The van der Waals surface area contributed by atoms with E-state index in [0.717, 1.165) is 11.3 Å². The van der Waals surface area contributed by atoms with E-state index in [0.29, 0.717) is 12.0 Å². The Balaban J connectivity index is 2.18. The van der Waals surface area contributed by atoms with E-state index in [-0.39, 0.29) is 23.5 Å². The standard InChI is InChI=1S/C13H18N2O3S/c1-9-3-4-10(13(16)14-2)7-12(9)15-11-5-6-19(17,18)8-11/h3-4,7,11,15H,5-6,8H2,1-2H3,(H,14,16). The minimum Gasteiger partial charge on any atom is -0.381 e. The smallest absolute Gasteiger partial charge is 0.251 e. The Morgan fingerprint density at radius 2 is 2.11 bits per heavy atom. The highest BCUT2D eigenvalue weighted by molar-refractivity contribution is 7.91. The minimum absolute atomic E-state index is 0.0661. The number of carbonyl (C=O) groups excluding carboxylic acids is 1. The van der Waals surface area contributed by atoms with Crippen LogP contribution in [0.25, 0.3) is 0 Å². The minimum atomic E-state index is -2.90. The van der Waals surface area contributed by atoms with Crippen LogP contribution in [0.2, 0.25) is 0 Å². The Bertz CT molecular complexity index is 596. The molecule has 2 N–H and O–H groups in total. The quantitative estimate of drug-likeness (QED) is 0.865. The van der Waals surface area contributed by atoms with Crippen molar-refractivity contribution in [2.45, 2.75) is 19.4 Å². The first-order valence-corrected chi connectivity index (χ1v) is 8.03. The Morgan fingerprint density at radius 1 is 1.37 bits per heavy atom. The van der Waals surface area contributed by atoms with Crippen molar-refractivity contribution in [1.82, 2.24) is 5.32 Å². The first-order chi connectivity index (χ1) is 8.91. The fourth-order valence-corrected chi connectivity index (χ4v) is 3.87. The van der Waals surface area contributed by atoms with E-state index in [1.807, 2.05) is 13.0 Å². The second-order valence-electron chi connectivity index (χ2n) is 4.85. The number of aryl methyl sites for hydroxylation is 1. The molecular formula is C13H18N2O3S. The number of nitrogens with one attached hydrogen (secondary N) is 2. The summed E-state index contributed by atoms with van der Waals surface area (Å²) in [5.41, 5.74) is 2.39. The predicted octanol–water partition coefficient (Wildman–Crippen LogP) is 0.954. The monoisotopic (exact) mass is 282 g/mol. The highest BCUT2D eigenvalue weighted by Gasteiger charge is 2.28. The van der Waals surface area contributed by atoms with Gasteiger partial charge in [0.15, 0.2) is 9.84 Å². The van der Waals surface area contributed by atoms with Crippen LogP contribution in [0.3, 0.4) is 0 Å². The molecule has 1 aliphatic rings. The molecule has 0 aliphatic carbocycles. The van der Waals surface area contributed by atoms with Crippen LogP contribution in [0.1, 0.15) is 22.3 Å². The summed E-state index contributed by atoms with van der Waals surface area (Å²) in [6.45, 7) is 1.93. The van der Waals surface area contributed by atoms with E-state index in [4.69, 9.17) is 0 Å². The van der Waals surface area contributed by atoms with Crippen LogP contribution >= 0.6 is 0 Å². The molecule has 6 heteroatoms. The van der Waals surface area contributed by atoms with Crippen LogP contribution in [0, 0.1) is 6.92 Å². The molecule has 104 valence electrons. The molecule has 0 bridgehead atoms. The highest BCUT2D eigenvalue weighted by atomic mass is 32.2. The number of anilines is 1. The van der Waals surface area contributed by atoms with Gasteiger partial charge in [0.05, 0.1) is 11.5 Å². The second-order valence-corrected chi connectivity index (χ2v) is 7.08. The molecule has 1 aliphatic heterocycles. The van der Waals surface area contributed by atoms with Gasteiger partial charge in [-0.3, -0.25) is 4.79 Å². The van der Waals surface area contributed by atoms with Crippen molar-refractivity contribution in [3.8, 4) is 0 Å². The molecule has 0 aromatic heterocycles. The summed E-state index contributed by atoms with van der Waals surface area (Å²) in [5, 5.41) is 5.80. The van der Waals surface area contributed by atoms with E-state index in [1.54, 1.807) is 19.2 Å². The van der Waals surface area contributed by atoms with E-state index in [9.17, 15) is 13.2 Å². The number of hydrogen-bond donors (Lipinski definition) is 2. The van der Waals surface area contributed by atoms with Crippen molar-refractivity contribution in [1.29, 1.82) is 0 Å². The van der Waals surface area contributed by atoms with Gasteiger partial charge < -0.3 is 10.6 Å². The molecule has 1 atom stereocenters. The molecule has 1 aromatic rings. The van der Waals surface area contributed by atoms with Gasteiger partial charge in [-0.05, 0) is 31.0 Å². The molecule has 1 unspecified atom stereocenters. The maximum absolute atomic E-state index is 11.6. The van der Waals surface area contributed by atoms with Crippen molar-refractivity contribution in [2.24, 2.45) is 0 Å². The Labute approximate surface area is 113 Å². The third kappa shape index (κ3) is 3.26. The van der Waals surface area contributed by atoms with Crippen molar-refractivity contribution >= 4 is 21.4 Å². The van der Waals surface area contributed by atoms with Gasteiger partial charge in [-0.25, -0.2) is 8.42 Å². The van der Waals surface area contributed by atoms with E-state index < -0.39 is 9.84 Å². The SMILES string of the molecule is CNC(=O)c1ccc(C)c(NC2CCS(=O)(=O)C2)c1. The first-order valence-electron chi connectivity index (χ1n) is 6.21. The predicted molar refractivity (Wildman–Crippen MR) is 75.3 cm³/mol. The van der Waals surface area contributed by atoms with Gasteiger partial charge >= 0.3 is 0 Å². The molecule has 0 radical (unpaired) electrons. The van der Waals surface area contributed by atoms with Crippen molar-refractivity contribution < 1.29 is 13.2 Å². The average molecular weight is 282 g/mol. The largest absolute Gasteiger partial charge is 0.381 e. The zero-order valence-electron chi connectivity index (χ0n) is 11.1. The Morgan fingerprint density at radius 3 is 2.68 bits per heavy atom. The Hall–Kier alpha value is -1.56. The van der Waals surface area contributed by atoms with Gasteiger partial charge in [-0.2, -0.15) is 0 Å². The van der Waals surface area contributed by atoms with E-state index in [2.05, 4.69) is 10.6 Å². The fraction of sp³-hybridized carbons (Fsp3) is 0.462. The lowest BCUT2D eigenvalue weighted by molar-refractivity contribution is 0.0963. The highest BCUT2D eigenvalue weighted by Crippen LogP contribution is 2.22. The summed E-state index contributed by atoms with van der Waals surface area (Å²) >= 11 is 0. The molecule has 0 saturated carbocycles. The summed E-state index contributed by atoms with van der Waals surface area (Å²) in [6.07, 6.45) is 0.617. The number of carbonyl (C=O) groups is 1. The summed E-state index contributed by atoms with van der Waals surface area (Å²) < 4.78 is 22.9. The summed E-state index contributed by atoms with van der Waals surface area (Å²) in [4.78, 5) is 11.6. The molecule has 2 rings (SSSR count).